The summed E-state index contributed by atoms with van der Waals surface area (Å²) < 4.78 is 13.1. The van der Waals surface area contributed by atoms with E-state index in [-0.39, 0.29) is 0 Å². The van der Waals surface area contributed by atoms with Gasteiger partial charge in [-0.05, 0) is 60.2 Å². The number of benzene rings is 1. The lowest BCUT2D eigenvalue weighted by Gasteiger charge is -2.08. The van der Waals surface area contributed by atoms with E-state index in [1.807, 2.05) is 54.2 Å². The van der Waals surface area contributed by atoms with Gasteiger partial charge < -0.3 is 14.4 Å². The first-order chi connectivity index (χ1) is 15.3. The van der Waals surface area contributed by atoms with Crippen LogP contribution in [0.5, 0.6) is 5.75 Å². The first kappa shape index (κ1) is 19.3. The van der Waals surface area contributed by atoms with Gasteiger partial charge in [0.25, 0.3) is 0 Å². The molecule has 1 aromatic carbocycles. The molecule has 4 aromatic heterocycles. The zero-order valence-electron chi connectivity index (χ0n) is 16.6. The first-order valence-electron chi connectivity index (χ1n) is 9.91. The average molecular weight is 430 g/mol. The number of pyridine rings is 2. The standard InChI is InChI=1S/C24H19N3O3S/c28-27-20-12-23(21-13-24-17(15-26-21)7-10-31-24)30-22-6-5-18(11-19(20)22)29-9-2-4-16-3-1-8-25-14-16/h1,3,5-8,10-15,28H,2,4,9H2/b27-20+. The van der Waals surface area contributed by atoms with Crippen molar-refractivity contribution in [1.29, 1.82) is 0 Å². The van der Waals surface area contributed by atoms with E-state index in [9.17, 15) is 5.21 Å². The number of rotatable bonds is 6. The Morgan fingerprint density at radius 1 is 1.10 bits per heavy atom. The molecule has 0 atom stereocenters. The summed E-state index contributed by atoms with van der Waals surface area (Å²) >= 11 is 1.65. The summed E-state index contributed by atoms with van der Waals surface area (Å²) in [6.07, 6.45) is 7.24. The van der Waals surface area contributed by atoms with Crippen LogP contribution < -0.4 is 10.1 Å². The van der Waals surface area contributed by atoms with Crippen molar-refractivity contribution in [2.45, 2.75) is 12.8 Å². The van der Waals surface area contributed by atoms with Crippen LogP contribution in [0.3, 0.4) is 0 Å². The maximum Gasteiger partial charge on any atom is 0.155 e. The Balaban J connectivity index is 1.38. The predicted octanol–water partition coefficient (Wildman–Crippen LogP) is 5.41. The molecule has 4 heterocycles. The van der Waals surface area contributed by atoms with Crippen LogP contribution in [-0.4, -0.2) is 21.8 Å². The molecule has 0 unspecified atom stereocenters. The molecule has 31 heavy (non-hydrogen) atoms. The number of nitrogens with zero attached hydrogens (tertiary/aromatic N) is 3. The van der Waals surface area contributed by atoms with Crippen LogP contribution >= 0.6 is 11.3 Å². The second-order valence-electron chi connectivity index (χ2n) is 7.10. The van der Waals surface area contributed by atoms with E-state index in [1.54, 1.807) is 23.6 Å². The molecule has 0 spiro atoms. The van der Waals surface area contributed by atoms with Gasteiger partial charge in [0, 0.05) is 34.7 Å². The molecule has 1 N–H and O–H groups in total. The van der Waals surface area contributed by atoms with Crippen LogP contribution in [0.2, 0.25) is 0 Å². The fourth-order valence-corrected chi connectivity index (χ4v) is 4.25. The highest BCUT2D eigenvalue weighted by Gasteiger charge is 2.10. The minimum Gasteiger partial charge on any atom is -0.494 e. The number of aromatic nitrogens is 2. The summed E-state index contributed by atoms with van der Waals surface area (Å²) in [5.74, 6) is 1.24. The van der Waals surface area contributed by atoms with E-state index in [2.05, 4.69) is 21.2 Å². The van der Waals surface area contributed by atoms with E-state index in [0.29, 0.717) is 40.1 Å². The van der Waals surface area contributed by atoms with Crippen LogP contribution in [0.1, 0.15) is 12.0 Å². The van der Waals surface area contributed by atoms with Gasteiger partial charge in [-0.2, -0.15) is 0 Å². The van der Waals surface area contributed by atoms with E-state index in [0.717, 1.165) is 22.9 Å². The number of aryl methyl sites for hydroxylation is 1. The molecule has 0 aliphatic heterocycles. The van der Waals surface area contributed by atoms with Crippen LogP contribution in [0.15, 0.2) is 82.1 Å². The van der Waals surface area contributed by atoms with Gasteiger partial charge in [-0.3, -0.25) is 9.97 Å². The fourth-order valence-electron chi connectivity index (χ4n) is 3.45. The van der Waals surface area contributed by atoms with E-state index in [1.165, 1.54) is 5.56 Å². The van der Waals surface area contributed by atoms with Crippen molar-refractivity contribution in [3.8, 4) is 17.2 Å². The molecule has 0 aliphatic carbocycles. The molecule has 0 saturated heterocycles. The van der Waals surface area contributed by atoms with Crippen molar-refractivity contribution in [3.05, 3.63) is 83.4 Å². The molecule has 0 radical (unpaired) electrons. The van der Waals surface area contributed by atoms with Gasteiger partial charge in [0.15, 0.2) is 5.76 Å². The quantitative estimate of drug-likeness (QED) is 0.222. The number of thiophene rings is 1. The average Bonchev–Trinajstić information content (AvgIpc) is 3.30. The predicted molar refractivity (Wildman–Crippen MR) is 120 cm³/mol. The molecule has 0 amide bonds. The number of fused-ring (bicyclic) bond motifs is 2. The van der Waals surface area contributed by atoms with Gasteiger partial charge in [0.05, 0.1) is 12.0 Å². The smallest absolute Gasteiger partial charge is 0.155 e. The van der Waals surface area contributed by atoms with Crippen LogP contribution in [-0.2, 0) is 6.42 Å². The number of hydrogen-bond donors (Lipinski definition) is 1. The fraction of sp³-hybridized carbons (Fsp3) is 0.125. The summed E-state index contributed by atoms with van der Waals surface area (Å²) in [5.41, 5.74) is 2.48. The monoisotopic (exact) mass is 429 g/mol. The maximum absolute atomic E-state index is 9.59. The minimum absolute atomic E-state index is 0.408. The highest BCUT2D eigenvalue weighted by atomic mass is 32.1. The molecule has 154 valence electrons. The summed E-state index contributed by atoms with van der Waals surface area (Å²) in [5, 5.41) is 17.3. The maximum atomic E-state index is 9.59. The van der Waals surface area contributed by atoms with E-state index in [4.69, 9.17) is 9.15 Å². The minimum atomic E-state index is 0.408. The van der Waals surface area contributed by atoms with Gasteiger partial charge in [-0.25, -0.2) is 0 Å². The molecule has 5 rings (SSSR count). The van der Waals surface area contributed by atoms with Crippen molar-refractivity contribution in [2.75, 3.05) is 6.61 Å². The molecule has 6 nitrogen and oxygen atoms in total. The lowest BCUT2D eigenvalue weighted by molar-refractivity contribution is 0.302. The molecule has 5 aromatic rings. The van der Waals surface area contributed by atoms with Crippen LogP contribution in [0.4, 0.5) is 0 Å². The summed E-state index contributed by atoms with van der Waals surface area (Å²) in [6.45, 7) is 0.575. The highest BCUT2D eigenvalue weighted by Crippen LogP contribution is 2.27. The Labute approximate surface area is 182 Å². The van der Waals surface area contributed by atoms with Gasteiger partial charge >= 0.3 is 0 Å². The SMILES string of the molecule is O/N=c1\cc(-c2cc3sccc3cn2)oc2ccc(OCCCc3cccnc3)cc12. The Morgan fingerprint density at radius 2 is 2.06 bits per heavy atom. The zero-order valence-corrected chi connectivity index (χ0v) is 17.4. The lowest BCUT2D eigenvalue weighted by Crippen LogP contribution is -2.05. The van der Waals surface area contributed by atoms with Gasteiger partial charge in [0.1, 0.15) is 22.4 Å². The summed E-state index contributed by atoms with van der Waals surface area (Å²) in [6, 6.07) is 15.2. The molecule has 7 heteroatoms. The van der Waals surface area contributed by atoms with Gasteiger partial charge in [-0.15, -0.1) is 11.3 Å². The van der Waals surface area contributed by atoms with Crippen molar-refractivity contribution in [3.63, 3.8) is 0 Å². The van der Waals surface area contributed by atoms with Gasteiger partial charge in [-0.1, -0.05) is 11.2 Å². The molecular weight excluding hydrogens is 410 g/mol. The van der Waals surface area contributed by atoms with E-state index < -0.39 is 0 Å². The summed E-state index contributed by atoms with van der Waals surface area (Å²) in [4.78, 5) is 8.61. The largest absolute Gasteiger partial charge is 0.494 e. The Hall–Kier alpha value is -3.71. The van der Waals surface area contributed by atoms with Crippen molar-refractivity contribution < 1.29 is 14.4 Å². The molecule has 0 fully saturated rings. The molecule has 0 bridgehead atoms. The molecule has 0 aliphatic rings. The van der Waals surface area contributed by atoms with Crippen LogP contribution in [0, 0.1) is 0 Å². The second-order valence-corrected chi connectivity index (χ2v) is 8.04. The third-order valence-corrected chi connectivity index (χ3v) is 5.89. The van der Waals surface area contributed by atoms with Crippen LogP contribution in [0.25, 0.3) is 32.5 Å². The molecule has 0 saturated carbocycles. The third kappa shape index (κ3) is 4.13. The Morgan fingerprint density at radius 3 is 2.94 bits per heavy atom. The normalized spacial score (nSPS) is 11.9. The highest BCUT2D eigenvalue weighted by molar-refractivity contribution is 7.17. The van der Waals surface area contributed by atoms with Crippen molar-refractivity contribution in [1.82, 2.24) is 9.97 Å². The zero-order chi connectivity index (χ0) is 21.0. The number of ether oxygens (including phenoxy) is 1. The van der Waals surface area contributed by atoms with Crippen molar-refractivity contribution >= 4 is 32.4 Å². The molecular formula is C24H19N3O3S. The lowest BCUT2D eigenvalue weighted by atomic mass is 10.1. The number of hydrogen-bond acceptors (Lipinski definition) is 7. The van der Waals surface area contributed by atoms with Crippen molar-refractivity contribution in [2.24, 2.45) is 5.16 Å². The first-order valence-corrected chi connectivity index (χ1v) is 10.8. The second kappa shape index (κ2) is 8.57. The summed E-state index contributed by atoms with van der Waals surface area (Å²) in [7, 11) is 0. The Kier molecular flexibility index (Phi) is 5.33. The topological polar surface area (TPSA) is 80.7 Å². The van der Waals surface area contributed by atoms with Gasteiger partial charge in [0.2, 0.25) is 0 Å². The third-order valence-electron chi connectivity index (χ3n) is 5.01. The van der Waals surface area contributed by atoms with E-state index >= 15 is 0 Å². The Bertz CT molecular complexity index is 1410.